The number of hydrogen-bond acceptors (Lipinski definition) is 9. The molecule has 4 rings (SSSR count). The molecular weight excluding hydrogens is 632 g/mol. The van der Waals surface area contributed by atoms with Gasteiger partial charge >= 0.3 is 18.3 Å². The van der Waals surface area contributed by atoms with Crippen LogP contribution in [0.3, 0.4) is 0 Å². The number of aliphatic imine (C=N–C) groups is 2. The lowest BCUT2D eigenvalue weighted by molar-refractivity contribution is -0.192. The molecule has 2 aromatic rings. The van der Waals surface area contributed by atoms with Crippen LogP contribution in [0.5, 0.6) is 5.75 Å². The number of hydrogen-bond donors (Lipinski definition) is 4. The molecule has 10 nitrogen and oxygen atoms in total. The lowest BCUT2D eigenvalue weighted by Gasteiger charge is -2.23. The average molecular weight is 658 g/mol. The molecule has 0 aliphatic carbocycles. The second kappa shape index (κ2) is 13.4. The van der Waals surface area contributed by atoms with E-state index in [9.17, 15) is 34.8 Å². The Balaban J connectivity index is 0.000000646. The van der Waals surface area contributed by atoms with Crippen molar-refractivity contribution in [3.8, 4) is 16.9 Å². The van der Waals surface area contributed by atoms with Crippen LogP contribution in [-0.4, -0.2) is 70.0 Å². The van der Waals surface area contributed by atoms with Crippen molar-refractivity contribution in [2.45, 2.75) is 30.1 Å². The first kappa shape index (κ1) is 33.9. The number of carbonyl (C=O) groups is 1. The zero-order valence-corrected chi connectivity index (χ0v) is 23.9. The summed E-state index contributed by atoms with van der Waals surface area (Å²) in [5.74, 6) is -2.58. The molecule has 0 bridgehead atoms. The van der Waals surface area contributed by atoms with E-state index in [-0.39, 0.29) is 62.5 Å². The first-order chi connectivity index (χ1) is 19.9. The summed E-state index contributed by atoms with van der Waals surface area (Å²) < 4.78 is 106. The first-order valence-electron chi connectivity index (χ1n) is 12.4. The van der Waals surface area contributed by atoms with Gasteiger partial charge < -0.3 is 26.2 Å². The largest absolute Gasteiger partial charge is 0.495 e. The summed E-state index contributed by atoms with van der Waals surface area (Å²) in [6, 6.07) is 6.08. The molecule has 2 aliphatic heterocycles. The number of carboxylic acids is 1. The number of benzene rings is 2. The Hall–Kier alpha value is -3.57. The minimum atomic E-state index is -5.08. The van der Waals surface area contributed by atoms with Crippen molar-refractivity contribution in [2.24, 2.45) is 21.6 Å². The van der Waals surface area contributed by atoms with Gasteiger partial charge in [-0.1, -0.05) is 17.7 Å². The predicted octanol–water partition coefficient (Wildman–Crippen LogP) is 4.58. The van der Waals surface area contributed by atoms with Crippen LogP contribution in [0.15, 0.2) is 45.2 Å². The number of aliphatic carboxylic acids is 1. The van der Waals surface area contributed by atoms with Crippen molar-refractivity contribution in [2.75, 3.05) is 37.8 Å². The van der Waals surface area contributed by atoms with Gasteiger partial charge in [0.1, 0.15) is 23.0 Å². The zero-order valence-electron chi connectivity index (χ0n) is 22.3. The third-order valence-corrected chi connectivity index (χ3v) is 8.43. The van der Waals surface area contributed by atoms with E-state index < -0.39 is 33.7 Å². The van der Waals surface area contributed by atoms with Crippen LogP contribution in [0.4, 0.5) is 32.0 Å². The third kappa shape index (κ3) is 8.96. The normalized spacial score (nSPS) is 16.1. The van der Waals surface area contributed by atoms with Gasteiger partial charge in [-0.3, -0.25) is 0 Å². The summed E-state index contributed by atoms with van der Waals surface area (Å²) in [5.41, 5.74) is 4.20. The number of rotatable bonds is 6. The second-order valence-electron chi connectivity index (χ2n) is 9.39. The first-order valence-corrected chi connectivity index (χ1v) is 14.4. The van der Waals surface area contributed by atoms with Gasteiger partial charge in [-0.15, -0.1) is 0 Å². The zero-order chi connectivity index (χ0) is 32.2. The van der Waals surface area contributed by atoms with Gasteiger partial charge in [0.2, 0.25) is 5.96 Å². The number of carboxylic acid groups (broad SMARTS) is 1. The molecule has 5 N–H and O–H groups in total. The molecular formula is C25H26ClF6N5O5S. The third-order valence-electron chi connectivity index (χ3n) is 6.24. The second-order valence-corrected chi connectivity index (χ2v) is 11.8. The number of nitrogens with zero attached hydrogens (tertiary/aromatic N) is 2. The van der Waals surface area contributed by atoms with E-state index in [1.165, 1.54) is 31.4 Å². The maximum absolute atomic E-state index is 14.1. The van der Waals surface area contributed by atoms with Crippen LogP contribution in [0.2, 0.25) is 5.02 Å². The fourth-order valence-corrected chi connectivity index (χ4v) is 6.51. The number of alkyl halides is 6. The minimum absolute atomic E-state index is 0.00373. The number of piperidine rings is 1. The lowest BCUT2D eigenvalue weighted by Crippen LogP contribution is -2.31. The number of anilines is 1. The van der Waals surface area contributed by atoms with Crippen molar-refractivity contribution >= 4 is 44.9 Å². The maximum atomic E-state index is 14.1. The molecule has 43 heavy (non-hydrogen) atoms. The lowest BCUT2D eigenvalue weighted by atomic mass is 9.98. The number of sulfone groups is 1. The van der Waals surface area contributed by atoms with Gasteiger partial charge in [-0.25, -0.2) is 18.2 Å². The monoisotopic (exact) mass is 657 g/mol. The summed E-state index contributed by atoms with van der Waals surface area (Å²) in [4.78, 5) is 16.6. The van der Waals surface area contributed by atoms with Crippen molar-refractivity contribution in [1.82, 2.24) is 5.32 Å². The topological polar surface area (TPSA) is 155 Å². The van der Waals surface area contributed by atoms with E-state index in [1.54, 1.807) is 0 Å². The molecule has 0 atom stereocenters. The maximum Gasteiger partial charge on any atom is 0.490 e. The highest BCUT2D eigenvalue weighted by molar-refractivity contribution is 7.91. The Morgan fingerprint density at radius 3 is 2.30 bits per heavy atom. The SMILES string of the molecule is COc1ccc(-c2c(Cl)cc(NC3=NCC(N)=N3)cc2C(F)(F)F)cc1S(=O)(=O)CC1CCNCC1.O=C(O)C(F)(F)F. The summed E-state index contributed by atoms with van der Waals surface area (Å²) in [6.45, 7) is 1.57. The Labute approximate surface area is 246 Å². The Morgan fingerprint density at radius 1 is 1.16 bits per heavy atom. The summed E-state index contributed by atoms with van der Waals surface area (Å²) >= 11 is 6.36. The number of ether oxygens (including phenoxy) is 1. The highest BCUT2D eigenvalue weighted by Gasteiger charge is 2.38. The minimum Gasteiger partial charge on any atom is -0.495 e. The fourth-order valence-electron chi connectivity index (χ4n) is 4.28. The fraction of sp³-hybridized carbons (Fsp3) is 0.400. The Morgan fingerprint density at radius 2 is 1.79 bits per heavy atom. The molecule has 18 heteroatoms. The van der Waals surface area contributed by atoms with E-state index in [4.69, 9.17) is 32.0 Å². The molecule has 0 saturated carbocycles. The van der Waals surface area contributed by atoms with Crippen molar-refractivity contribution in [3.05, 3.63) is 40.9 Å². The van der Waals surface area contributed by atoms with Gasteiger partial charge in [0.15, 0.2) is 9.84 Å². The summed E-state index contributed by atoms with van der Waals surface area (Å²) in [5, 5.41) is 12.8. The van der Waals surface area contributed by atoms with Gasteiger partial charge in [0.05, 0.1) is 23.4 Å². The number of guanidine groups is 1. The van der Waals surface area contributed by atoms with Crippen molar-refractivity contribution < 1.29 is 49.4 Å². The smallest absolute Gasteiger partial charge is 0.490 e. The molecule has 1 saturated heterocycles. The van der Waals surface area contributed by atoms with Gasteiger partial charge in [-0.2, -0.15) is 31.3 Å². The van der Waals surface area contributed by atoms with E-state index >= 15 is 0 Å². The van der Waals surface area contributed by atoms with Crippen LogP contribution in [0.25, 0.3) is 11.1 Å². The van der Waals surface area contributed by atoms with Crippen LogP contribution in [0, 0.1) is 5.92 Å². The number of methoxy groups -OCH3 is 1. The number of amidine groups is 1. The van der Waals surface area contributed by atoms with Crippen molar-refractivity contribution in [3.63, 3.8) is 0 Å². The highest BCUT2D eigenvalue weighted by Crippen LogP contribution is 2.44. The van der Waals surface area contributed by atoms with Crippen LogP contribution in [-0.2, 0) is 20.8 Å². The Kier molecular flexibility index (Phi) is 10.6. The number of halogens is 7. The van der Waals surface area contributed by atoms with E-state index in [0.717, 1.165) is 6.07 Å². The average Bonchev–Trinajstić information content (AvgIpc) is 3.32. The van der Waals surface area contributed by atoms with E-state index in [1.807, 2.05) is 0 Å². The van der Waals surface area contributed by atoms with Crippen LogP contribution < -0.4 is 21.1 Å². The van der Waals surface area contributed by atoms with E-state index in [2.05, 4.69) is 20.6 Å². The van der Waals surface area contributed by atoms with E-state index in [0.29, 0.717) is 25.9 Å². The number of nitrogens with two attached hydrogens (primary N) is 1. The Bertz CT molecular complexity index is 1520. The molecule has 2 aromatic carbocycles. The van der Waals surface area contributed by atoms with Crippen LogP contribution >= 0.6 is 11.6 Å². The molecule has 236 valence electrons. The molecule has 0 amide bonds. The quantitative estimate of drug-likeness (QED) is 0.329. The predicted molar refractivity (Wildman–Crippen MR) is 147 cm³/mol. The molecule has 0 aromatic heterocycles. The molecule has 2 heterocycles. The highest BCUT2D eigenvalue weighted by atomic mass is 35.5. The van der Waals surface area contributed by atoms with Gasteiger partial charge in [0, 0.05) is 11.3 Å². The van der Waals surface area contributed by atoms with Gasteiger partial charge in [0.25, 0.3) is 0 Å². The molecule has 2 aliphatic rings. The van der Waals surface area contributed by atoms with Gasteiger partial charge in [-0.05, 0) is 61.7 Å². The molecule has 0 spiro atoms. The summed E-state index contributed by atoms with van der Waals surface area (Å²) in [7, 11) is -2.54. The van der Waals surface area contributed by atoms with Crippen LogP contribution in [0.1, 0.15) is 18.4 Å². The molecule has 1 fully saturated rings. The summed E-state index contributed by atoms with van der Waals surface area (Å²) in [6.07, 6.45) is -8.48. The standard InChI is InChI=1S/C23H25ClF3N5O3S.C2HF3O2/c1-35-18-3-2-14(8-19(18)36(33,34)12-13-4-6-29-7-5-13)21-16(23(25,26)27)9-15(10-17(21)24)31-22-30-11-20(28)32-22;3-2(4,5)1(6)7/h2-3,8-10,13,29H,4-7,11-12H2,1H3,(H3,28,30,31,32);(H,6,7). The number of nitrogens with one attached hydrogen (secondary N) is 2. The van der Waals surface area contributed by atoms with Crippen molar-refractivity contribution in [1.29, 1.82) is 0 Å². The molecule has 0 radical (unpaired) electrons. The molecule has 0 unspecified atom stereocenters.